The molecule has 0 spiro atoms. The first kappa shape index (κ1) is 24.6. The van der Waals surface area contributed by atoms with Gasteiger partial charge in [-0.3, -0.25) is 10.1 Å². The molecule has 0 aromatic heterocycles. The van der Waals surface area contributed by atoms with Gasteiger partial charge in [-0.15, -0.1) is 0 Å². The Hall–Kier alpha value is -4.04. The molecule has 0 heterocycles. The minimum Gasteiger partial charge on any atom is -0.493 e. The highest BCUT2D eigenvalue weighted by Gasteiger charge is 2.05. The van der Waals surface area contributed by atoms with Crippen LogP contribution in [0.3, 0.4) is 0 Å². The van der Waals surface area contributed by atoms with E-state index in [0.717, 1.165) is 17.0 Å². The molecule has 176 valence electrons. The number of nitrogens with one attached hydrogen (secondary N) is 2. The summed E-state index contributed by atoms with van der Waals surface area (Å²) in [5.41, 5.74) is 1.51. The molecular weight excluding hydrogens is 452 g/mol. The van der Waals surface area contributed by atoms with Crippen LogP contribution in [0.4, 0.5) is 5.69 Å². The van der Waals surface area contributed by atoms with Crippen LogP contribution in [-0.4, -0.2) is 38.5 Å². The molecule has 3 rings (SSSR count). The van der Waals surface area contributed by atoms with E-state index >= 15 is 0 Å². The molecule has 0 radical (unpaired) electrons. The minimum absolute atomic E-state index is 0.187. The predicted octanol–water partition coefficient (Wildman–Crippen LogP) is 4.69. The van der Waals surface area contributed by atoms with Crippen LogP contribution in [0.15, 0.2) is 78.9 Å². The molecule has 2 N–H and O–H groups in total. The highest BCUT2D eigenvalue weighted by Crippen LogP contribution is 2.27. The van der Waals surface area contributed by atoms with Crippen molar-refractivity contribution in [3.8, 4) is 23.0 Å². The molecule has 1 amide bonds. The number of hydrogen-bond acceptors (Lipinski definition) is 6. The second-order valence-corrected chi connectivity index (χ2v) is 7.33. The van der Waals surface area contributed by atoms with Crippen LogP contribution in [0, 0.1) is 0 Å². The fraction of sp³-hybridized carbons (Fsp3) is 0.154. The summed E-state index contributed by atoms with van der Waals surface area (Å²) in [7, 11) is 3.12. The van der Waals surface area contributed by atoms with Gasteiger partial charge in [0.2, 0.25) is 5.91 Å². The van der Waals surface area contributed by atoms with Crippen molar-refractivity contribution in [2.45, 2.75) is 0 Å². The first-order valence-electron chi connectivity index (χ1n) is 10.5. The molecule has 0 atom stereocenters. The predicted molar refractivity (Wildman–Crippen MR) is 137 cm³/mol. The second kappa shape index (κ2) is 12.9. The summed E-state index contributed by atoms with van der Waals surface area (Å²) in [5, 5.41) is 5.77. The van der Waals surface area contributed by atoms with Crippen LogP contribution in [0.25, 0.3) is 6.08 Å². The van der Waals surface area contributed by atoms with Crippen molar-refractivity contribution in [2.75, 3.05) is 32.8 Å². The van der Waals surface area contributed by atoms with Crippen molar-refractivity contribution in [3.05, 3.63) is 84.4 Å². The van der Waals surface area contributed by atoms with Crippen molar-refractivity contribution in [3.63, 3.8) is 0 Å². The van der Waals surface area contributed by atoms with Crippen LogP contribution in [0.5, 0.6) is 23.0 Å². The Labute approximate surface area is 204 Å². The maximum absolute atomic E-state index is 12.2. The van der Waals surface area contributed by atoms with Crippen molar-refractivity contribution in [2.24, 2.45) is 0 Å². The molecule has 0 aliphatic carbocycles. The summed E-state index contributed by atoms with van der Waals surface area (Å²) in [6.45, 7) is 0.861. The van der Waals surface area contributed by atoms with E-state index in [0.29, 0.717) is 30.5 Å². The molecule has 0 aliphatic rings. The lowest BCUT2D eigenvalue weighted by Crippen LogP contribution is -2.32. The number of thiocarbonyl (C=S) groups is 1. The topological polar surface area (TPSA) is 78.1 Å². The van der Waals surface area contributed by atoms with E-state index in [1.807, 2.05) is 60.7 Å². The van der Waals surface area contributed by atoms with Gasteiger partial charge >= 0.3 is 0 Å². The van der Waals surface area contributed by atoms with Crippen LogP contribution >= 0.6 is 12.2 Å². The summed E-state index contributed by atoms with van der Waals surface area (Å²) in [6, 6.07) is 22.2. The Morgan fingerprint density at radius 1 is 0.853 bits per heavy atom. The largest absolute Gasteiger partial charge is 0.493 e. The minimum atomic E-state index is -0.356. The Morgan fingerprint density at radius 2 is 1.50 bits per heavy atom. The average molecular weight is 479 g/mol. The van der Waals surface area contributed by atoms with Crippen LogP contribution in [0.1, 0.15) is 5.56 Å². The van der Waals surface area contributed by atoms with E-state index in [9.17, 15) is 4.79 Å². The molecule has 3 aromatic rings. The van der Waals surface area contributed by atoms with E-state index in [4.69, 9.17) is 31.2 Å². The summed E-state index contributed by atoms with van der Waals surface area (Å²) in [6.07, 6.45) is 3.05. The zero-order chi connectivity index (χ0) is 24.2. The standard InChI is InChI=1S/C26H26N2O5S/c1-30-23-14-8-19(18-24(23)31-2)9-15-25(29)28-26(34)27-20-10-12-22(13-11-20)33-17-16-32-21-6-4-3-5-7-21/h3-15,18H,16-17H2,1-2H3,(H2,27,28,29,34)/b15-9+. The van der Waals surface area contributed by atoms with Crippen molar-refractivity contribution < 1.29 is 23.7 Å². The molecule has 0 unspecified atom stereocenters. The number of rotatable bonds is 10. The molecule has 0 saturated heterocycles. The molecule has 0 saturated carbocycles. The fourth-order valence-electron chi connectivity index (χ4n) is 2.91. The van der Waals surface area contributed by atoms with E-state index in [-0.39, 0.29) is 11.0 Å². The van der Waals surface area contributed by atoms with Gasteiger partial charge < -0.3 is 24.3 Å². The number of carbonyl (C=O) groups excluding carboxylic acids is 1. The summed E-state index contributed by atoms with van der Waals surface area (Å²) in [4.78, 5) is 12.2. The fourth-order valence-corrected chi connectivity index (χ4v) is 3.13. The van der Waals surface area contributed by atoms with Crippen LogP contribution < -0.4 is 29.6 Å². The highest BCUT2D eigenvalue weighted by atomic mass is 32.1. The number of anilines is 1. The van der Waals surface area contributed by atoms with Crippen molar-refractivity contribution in [1.29, 1.82) is 0 Å². The molecule has 0 aliphatic heterocycles. The van der Waals surface area contributed by atoms with Gasteiger partial charge in [0.25, 0.3) is 0 Å². The normalized spacial score (nSPS) is 10.4. The molecule has 3 aromatic carbocycles. The SMILES string of the molecule is COc1ccc(/C=C/C(=O)NC(=S)Nc2ccc(OCCOc3ccccc3)cc2)cc1OC. The van der Waals surface area contributed by atoms with Gasteiger partial charge in [0.1, 0.15) is 24.7 Å². The molecule has 0 bridgehead atoms. The zero-order valence-corrected chi connectivity index (χ0v) is 19.8. The van der Waals surface area contributed by atoms with Crippen LogP contribution in [0.2, 0.25) is 0 Å². The maximum atomic E-state index is 12.2. The third-order valence-electron chi connectivity index (χ3n) is 4.55. The Balaban J connectivity index is 1.41. The molecule has 34 heavy (non-hydrogen) atoms. The Bertz CT molecular complexity index is 1120. The number of amides is 1. The Kier molecular flexibility index (Phi) is 9.30. The van der Waals surface area contributed by atoms with E-state index < -0.39 is 0 Å². The van der Waals surface area contributed by atoms with Gasteiger partial charge in [0.15, 0.2) is 16.6 Å². The van der Waals surface area contributed by atoms with Gasteiger partial charge in [-0.2, -0.15) is 0 Å². The lowest BCUT2D eigenvalue weighted by atomic mass is 10.2. The first-order chi connectivity index (χ1) is 16.6. The average Bonchev–Trinajstić information content (AvgIpc) is 2.86. The zero-order valence-electron chi connectivity index (χ0n) is 18.9. The first-order valence-corrected chi connectivity index (χ1v) is 10.9. The second-order valence-electron chi connectivity index (χ2n) is 6.93. The van der Waals surface area contributed by atoms with Gasteiger partial charge in [0.05, 0.1) is 14.2 Å². The maximum Gasteiger partial charge on any atom is 0.250 e. The molecule has 8 heteroatoms. The van der Waals surface area contributed by atoms with Crippen molar-refractivity contribution in [1.82, 2.24) is 5.32 Å². The number of hydrogen-bond donors (Lipinski definition) is 2. The van der Waals surface area contributed by atoms with E-state index in [1.165, 1.54) is 6.08 Å². The molecule has 0 fully saturated rings. The molecule has 7 nitrogen and oxygen atoms in total. The summed E-state index contributed by atoms with van der Waals surface area (Å²) in [5.74, 6) is 2.35. The third-order valence-corrected chi connectivity index (χ3v) is 4.75. The molecular formula is C26H26N2O5S. The lowest BCUT2D eigenvalue weighted by Gasteiger charge is -2.11. The smallest absolute Gasteiger partial charge is 0.250 e. The number of carbonyl (C=O) groups is 1. The summed E-state index contributed by atoms with van der Waals surface area (Å²) < 4.78 is 21.7. The number of benzene rings is 3. The van der Waals surface area contributed by atoms with Gasteiger partial charge in [-0.25, -0.2) is 0 Å². The Morgan fingerprint density at radius 3 is 2.15 bits per heavy atom. The van der Waals surface area contributed by atoms with Crippen molar-refractivity contribution >= 4 is 35.0 Å². The van der Waals surface area contributed by atoms with Gasteiger partial charge in [-0.1, -0.05) is 24.3 Å². The van der Waals surface area contributed by atoms with Gasteiger partial charge in [-0.05, 0) is 72.4 Å². The lowest BCUT2D eigenvalue weighted by molar-refractivity contribution is -0.115. The van der Waals surface area contributed by atoms with Crippen LogP contribution in [-0.2, 0) is 4.79 Å². The monoisotopic (exact) mass is 478 g/mol. The number of ether oxygens (including phenoxy) is 4. The number of para-hydroxylation sites is 1. The third kappa shape index (κ3) is 7.83. The highest BCUT2D eigenvalue weighted by molar-refractivity contribution is 7.80. The quantitative estimate of drug-likeness (QED) is 0.249. The van der Waals surface area contributed by atoms with E-state index in [2.05, 4.69) is 10.6 Å². The summed E-state index contributed by atoms with van der Waals surface area (Å²) >= 11 is 5.22. The van der Waals surface area contributed by atoms with E-state index in [1.54, 1.807) is 32.4 Å². The number of methoxy groups -OCH3 is 2. The van der Waals surface area contributed by atoms with Gasteiger partial charge in [0, 0.05) is 11.8 Å².